The van der Waals surface area contributed by atoms with Gasteiger partial charge in [0.05, 0.1) is 10.6 Å². The third-order valence-electron chi connectivity index (χ3n) is 4.83. The van der Waals surface area contributed by atoms with Gasteiger partial charge in [0.25, 0.3) is 5.56 Å². The molecule has 0 unspecified atom stereocenters. The van der Waals surface area contributed by atoms with Gasteiger partial charge in [0.1, 0.15) is 24.1 Å². The summed E-state index contributed by atoms with van der Waals surface area (Å²) in [5.41, 5.74) is 0.358. The van der Waals surface area contributed by atoms with E-state index in [0.717, 1.165) is 18.4 Å². The molecule has 4 aromatic rings. The molecule has 0 amide bonds. The Hall–Kier alpha value is -3.24. The fourth-order valence-corrected chi connectivity index (χ4v) is 4.32. The Morgan fingerprint density at radius 3 is 2.62 bits per heavy atom. The van der Waals surface area contributed by atoms with Crippen LogP contribution in [-0.4, -0.2) is 29.2 Å². The molecule has 2 aromatic heterocycles. The highest BCUT2D eigenvalue weighted by Crippen LogP contribution is 2.27. The molecule has 32 heavy (non-hydrogen) atoms. The van der Waals surface area contributed by atoms with Crippen molar-refractivity contribution in [1.82, 2.24) is 14.5 Å². The number of aromatic amines is 1. The second-order valence-electron chi connectivity index (χ2n) is 7.10. The molecule has 2 aromatic carbocycles. The monoisotopic (exact) mass is 479 g/mol. The maximum absolute atomic E-state index is 13.8. The van der Waals surface area contributed by atoms with Gasteiger partial charge in [-0.3, -0.25) is 9.36 Å². The highest BCUT2D eigenvalue weighted by Gasteiger charge is 2.19. The SMILES string of the molecule is Cc1nc(OCc2ccc(F)cc2F)c(Cl)c(=O)n1-c1ccc2[nH]cc(S(C)(=O)=O)c2c1. The first-order chi connectivity index (χ1) is 15.1. The van der Waals surface area contributed by atoms with Crippen LogP contribution in [0.2, 0.25) is 5.02 Å². The molecule has 0 saturated heterocycles. The Kier molecular flexibility index (Phi) is 5.51. The lowest BCUT2D eigenvalue weighted by molar-refractivity contribution is 0.285. The number of aryl methyl sites for hydroxylation is 1. The van der Waals surface area contributed by atoms with Crippen LogP contribution in [0.4, 0.5) is 8.78 Å². The van der Waals surface area contributed by atoms with Crippen molar-refractivity contribution in [2.45, 2.75) is 18.4 Å². The molecule has 166 valence electrons. The first-order valence-electron chi connectivity index (χ1n) is 9.23. The van der Waals surface area contributed by atoms with Gasteiger partial charge in [0, 0.05) is 35.0 Å². The van der Waals surface area contributed by atoms with Gasteiger partial charge >= 0.3 is 0 Å². The van der Waals surface area contributed by atoms with Crippen LogP contribution in [0, 0.1) is 18.6 Å². The van der Waals surface area contributed by atoms with E-state index < -0.39 is 27.0 Å². The second kappa shape index (κ2) is 8.03. The molecule has 2 heterocycles. The van der Waals surface area contributed by atoms with E-state index in [4.69, 9.17) is 16.3 Å². The van der Waals surface area contributed by atoms with Gasteiger partial charge < -0.3 is 9.72 Å². The molecule has 4 rings (SSSR count). The number of fused-ring (bicyclic) bond motifs is 1. The summed E-state index contributed by atoms with van der Waals surface area (Å²) in [7, 11) is -3.49. The van der Waals surface area contributed by atoms with Crippen molar-refractivity contribution in [3.8, 4) is 11.6 Å². The van der Waals surface area contributed by atoms with E-state index in [1.807, 2.05) is 0 Å². The third kappa shape index (κ3) is 3.98. The first kappa shape index (κ1) is 22.0. The number of ether oxygens (including phenoxy) is 1. The Bertz CT molecular complexity index is 1530. The van der Waals surface area contributed by atoms with Gasteiger partial charge in [0.15, 0.2) is 14.9 Å². The van der Waals surface area contributed by atoms with Gasteiger partial charge in [-0.05, 0) is 37.3 Å². The molecule has 0 saturated carbocycles. The predicted molar refractivity (Wildman–Crippen MR) is 115 cm³/mol. The first-order valence-corrected chi connectivity index (χ1v) is 11.5. The summed E-state index contributed by atoms with van der Waals surface area (Å²) in [6.45, 7) is 1.23. The summed E-state index contributed by atoms with van der Waals surface area (Å²) in [6, 6.07) is 7.83. The average Bonchev–Trinajstić information content (AvgIpc) is 3.14. The van der Waals surface area contributed by atoms with Crippen molar-refractivity contribution >= 4 is 32.3 Å². The number of halogens is 3. The molecule has 0 spiro atoms. The normalized spacial score (nSPS) is 11.8. The summed E-state index contributed by atoms with van der Waals surface area (Å²) in [4.78, 5) is 20.1. The van der Waals surface area contributed by atoms with Crippen LogP contribution in [0.5, 0.6) is 5.88 Å². The zero-order valence-corrected chi connectivity index (χ0v) is 18.4. The molecule has 0 aliphatic carbocycles. The van der Waals surface area contributed by atoms with Crippen molar-refractivity contribution in [1.29, 1.82) is 0 Å². The van der Waals surface area contributed by atoms with Crippen molar-refractivity contribution in [3.05, 3.63) is 81.0 Å². The lowest BCUT2D eigenvalue weighted by Gasteiger charge is -2.14. The smallest absolute Gasteiger partial charge is 0.280 e. The number of H-pyrrole nitrogens is 1. The van der Waals surface area contributed by atoms with E-state index in [1.54, 1.807) is 25.1 Å². The highest BCUT2D eigenvalue weighted by atomic mass is 35.5. The molecule has 0 aliphatic rings. The van der Waals surface area contributed by atoms with E-state index in [0.29, 0.717) is 16.6 Å². The van der Waals surface area contributed by atoms with Gasteiger partial charge in [-0.2, -0.15) is 4.98 Å². The maximum atomic E-state index is 13.8. The summed E-state index contributed by atoms with van der Waals surface area (Å²) < 4.78 is 57.6. The molecule has 11 heteroatoms. The molecular formula is C21H16ClF2N3O4S. The highest BCUT2D eigenvalue weighted by molar-refractivity contribution is 7.91. The topological polar surface area (TPSA) is 94.0 Å². The maximum Gasteiger partial charge on any atom is 0.280 e. The number of sulfone groups is 1. The van der Waals surface area contributed by atoms with Crippen LogP contribution >= 0.6 is 11.6 Å². The van der Waals surface area contributed by atoms with Crippen LogP contribution in [-0.2, 0) is 16.4 Å². The van der Waals surface area contributed by atoms with Crippen molar-refractivity contribution in [2.24, 2.45) is 0 Å². The van der Waals surface area contributed by atoms with E-state index in [-0.39, 0.29) is 33.8 Å². The number of nitrogens with zero attached hydrogens (tertiary/aromatic N) is 2. The standard InChI is InChI=1S/C21H16ClF2N3O4S/c1-11-26-20(31-10-12-3-4-13(23)7-16(12)24)19(22)21(28)27(11)14-5-6-17-15(8-14)18(9-25-17)32(2,29)30/h3-9,25H,10H2,1-2H3. The van der Waals surface area contributed by atoms with E-state index >= 15 is 0 Å². The number of benzene rings is 2. The molecule has 0 fully saturated rings. The zero-order chi connectivity index (χ0) is 23.2. The molecule has 0 radical (unpaired) electrons. The number of rotatable bonds is 5. The molecule has 7 nitrogen and oxygen atoms in total. The quantitative estimate of drug-likeness (QED) is 0.468. The summed E-state index contributed by atoms with van der Waals surface area (Å²) in [6.07, 6.45) is 2.48. The predicted octanol–water partition coefficient (Wildman–Crippen LogP) is 3.94. The Morgan fingerprint density at radius 2 is 1.94 bits per heavy atom. The number of hydrogen-bond donors (Lipinski definition) is 1. The summed E-state index contributed by atoms with van der Waals surface area (Å²) >= 11 is 6.18. The number of aromatic nitrogens is 3. The Balaban J connectivity index is 1.74. The van der Waals surface area contributed by atoms with Crippen molar-refractivity contribution in [3.63, 3.8) is 0 Å². The third-order valence-corrected chi connectivity index (χ3v) is 6.29. The van der Waals surface area contributed by atoms with Crippen molar-refractivity contribution in [2.75, 3.05) is 6.26 Å². The second-order valence-corrected chi connectivity index (χ2v) is 9.46. The van der Waals surface area contributed by atoms with Gasteiger partial charge in [0.2, 0.25) is 5.88 Å². The number of hydrogen-bond acceptors (Lipinski definition) is 5. The van der Waals surface area contributed by atoms with Crippen molar-refractivity contribution < 1.29 is 21.9 Å². The van der Waals surface area contributed by atoms with Crippen LogP contribution in [0.3, 0.4) is 0 Å². The fourth-order valence-electron chi connectivity index (χ4n) is 3.30. The lowest BCUT2D eigenvalue weighted by Crippen LogP contribution is -2.23. The molecule has 0 bridgehead atoms. The minimum absolute atomic E-state index is 0.0670. The number of nitrogens with one attached hydrogen (secondary N) is 1. The minimum atomic E-state index is -3.49. The molecule has 1 N–H and O–H groups in total. The van der Waals surface area contributed by atoms with Gasteiger partial charge in [-0.15, -0.1) is 0 Å². The molecule has 0 aliphatic heterocycles. The largest absolute Gasteiger partial charge is 0.471 e. The minimum Gasteiger partial charge on any atom is -0.471 e. The fraction of sp³-hybridized carbons (Fsp3) is 0.143. The van der Waals surface area contributed by atoms with E-state index in [9.17, 15) is 22.0 Å². The lowest BCUT2D eigenvalue weighted by atomic mass is 10.2. The Labute approximate surface area is 186 Å². The van der Waals surface area contributed by atoms with Crippen LogP contribution in [0.1, 0.15) is 11.4 Å². The van der Waals surface area contributed by atoms with Gasteiger partial charge in [-0.1, -0.05) is 11.6 Å². The molecule has 0 atom stereocenters. The van der Waals surface area contributed by atoms with E-state index in [1.165, 1.54) is 16.8 Å². The Morgan fingerprint density at radius 1 is 1.19 bits per heavy atom. The van der Waals surface area contributed by atoms with Crippen LogP contribution in [0.25, 0.3) is 16.6 Å². The van der Waals surface area contributed by atoms with Crippen LogP contribution < -0.4 is 10.3 Å². The zero-order valence-electron chi connectivity index (χ0n) is 16.8. The van der Waals surface area contributed by atoms with E-state index in [2.05, 4.69) is 9.97 Å². The van der Waals surface area contributed by atoms with Crippen LogP contribution in [0.15, 0.2) is 52.3 Å². The molecular weight excluding hydrogens is 464 g/mol. The average molecular weight is 480 g/mol. The van der Waals surface area contributed by atoms with Gasteiger partial charge in [-0.25, -0.2) is 17.2 Å². The summed E-state index contributed by atoms with van der Waals surface area (Å²) in [5.74, 6) is -1.51. The summed E-state index contributed by atoms with van der Waals surface area (Å²) in [5, 5.41) is 0.0788.